The normalized spacial score (nSPS) is 10.7. The molecule has 0 aliphatic carbocycles. The van der Waals surface area contributed by atoms with E-state index in [0.717, 1.165) is 40.1 Å². The fourth-order valence-electron chi connectivity index (χ4n) is 2.60. The van der Waals surface area contributed by atoms with Crippen LogP contribution in [0.15, 0.2) is 53.1 Å². The smallest absolute Gasteiger partial charge is 0.303 e. The van der Waals surface area contributed by atoms with Crippen molar-refractivity contribution in [2.75, 3.05) is 0 Å². The number of hydrogen-bond donors (Lipinski definition) is 1. The lowest BCUT2D eigenvalue weighted by Gasteiger charge is -2.00. The van der Waals surface area contributed by atoms with Crippen molar-refractivity contribution < 1.29 is 9.90 Å². The summed E-state index contributed by atoms with van der Waals surface area (Å²) in [7, 11) is 0. The van der Waals surface area contributed by atoms with Crippen LogP contribution in [0, 0.1) is 0 Å². The van der Waals surface area contributed by atoms with Gasteiger partial charge in [0.15, 0.2) is 0 Å². The molecule has 0 atom stereocenters. The molecule has 0 fully saturated rings. The topological polar surface area (TPSA) is 55.1 Å². The second-order valence-corrected chi connectivity index (χ2v) is 8.18. The number of carbonyl (C=O) groups is 1. The number of aryl methyl sites for hydroxylation is 1. The van der Waals surface area contributed by atoms with Crippen molar-refractivity contribution in [3.63, 3.8) is 0 Å². The molecule has 0 aliphatic heterocycles. The molecule has 0 unspecified atom stereocenters. The molecule has 0 radical (unpaired) electrons. The molecule has 0 amide bonds. The lowest BCUT2D eigenvalue weighted by Crippen LogP contribution is -1.94. The quantitative estimate of drug-likeness (QED) is 0.370. The van der Waals surface area contributed by atoms with Gasteiger partial charge in [0.05, 0.1) is 10.7 Å². The van der Waals surface area contributed by atoms with Crippen molar-refractivity contribution in [3.05, 3.63) is 74.6 Å². The first-order valence-corrected chi connectivity index (χ1v) is 11.1. The van der Waals surface area contributed by atoms with Gasteiger partial charge in [0.2, 0.25) is 0 Å². The van der Waals surface area contributed by atoms with Crippen LogP contribution in [-0.2, 0) is 11.3 Å². The molecule has 158 valence electrons. The minimum atomic E-state index is -0.711. The highest BCUT2D eigenvalue weighted by atomic mass is 79.9. The Balaban J connectivity index is 0.000000469. The Morgan fingerprint density at radius 2 is 1.83 bits per heavy atom. The average molecular weight is 510 g/mol. The zero-order valence-electron chi connectivity index (χ0n) is 16.8. The zero-order valence-corrected chi connectivity index (χ0v) is 19.9. The largest absolute Gasteiger partial charge is 0.481 e. The fourth-order valence-corrected chi connectivity index (χ4v) is 3.37. The van der Waals surface area contributed by atoms with E-state index in [4.69, 9.17) is 33.3 Å². The number of aromatic nitrogens is 2. The number of carboxylic acid groups (broad SMARTS) is 1. The van der Waals surface area contributed by atoms with E-state index in [-0.39, 0.29) is 0 Å². The molecule has 1 aromatic heterocycles. The molecule has 0 bridgehead atoms. The molecular weight excluding hydrogens is 487 g/mol. The van der Waals surface area contributed by atoms with E-state index in [0.29, 0.717) is 16.5 Å². The van der Waals surface area contributed by atoms with Crippen molar-refractivity contribution in [2.45, 2.75) is 33.2 Å². The van der Waals surface area contributed by atoms with Gasteiger partial charge in [-0.1, -0.05) is 64.3 Å². The highest BCUT2D eigenvalue weighted by molar-refractivity contribution is 9.10. The van der Waals surface area contributed by atoms with Gasteiger partial charge in [-0.3, -0.25) is 4.79 Å². The van der Waals surface area contributed by atoms with E-state index >= 15 is 0 Å². The summed E-state index contributed by atoms with van der Waals surface area (Å²) in [5, 5.41) is 9.14. The van der Waals surface area contributed by atoms with Crippen LogP contribution < -0.4 is 0 Å². The van der Waals surface area contributed by atoms with Gasteiger partial charge in [-0.25, -0.2) is 4.98 Å². The van der Waals surface area contributed by atoms with Gasteiger partial charge in [0.25, 0.3) is 0 Å². The third-order valence-electron chi connectivity index (χ3n) is 4.11. The van der Waals surface area contributed by atoms with Gasteiger partial charge in [0.1, 0.15) is 5.82 Å². The van der Waals surface area contributed by atoms with Crippen LogP contribution in [0.4, 0.5) is 0 Å². The Kier molecular flexibility index (Phi) is 9.63. The molecule has 0 spiro atoms. The molecule has 0 saturated heterocycles. The van der Waals surface area contributed by atoms with Gasteiger partial charge in [-0.05, 0) is 55.3 Å². The number of imidazole rings is 1. The summed E-state index contributed by atoms with van der Waals surface area (Å²) in [6.45, 7) is 4.76. The molecular formula is C23H23BrCl2N2O2. The summed E-state index contributed by atoms with van der Waals surface area (Å²) in [6, 6.07) is 13.6. The molecule has 1 N–H and O–H groups in total. The Bertz CT molecular complexity index is 1010. The Morgan fingerprint density at radius 1 is 1.13 bits per heavy atom. The Hall–Kier alpha value is -2.08. The highest BCUT2D eigenvalue weighted by Crippen LogP contribution is 2.30. The molecule has 7 heteroatoms. The highest BCUT2D eigenvalue weighted by Gasteiger charge is 2.10. The number of rotatable bonds is 6. The average Bonchev–Trinajstić information content (AvgIpc) is 3.11. The Morgan fingerprint density at radius 3 is 2.37 bits per heavy atom. The first kappa shape index (κ1) is 24.2. The minimum absolute atomic E-state index is 0.292. The van der Waals surface area contributed by atoms with E-state index < -0.39 is 5.97 Å². The molecule has 0 saturated carbocycles. The maximum Gasteiger partial charge on any atom is 0.303 e. The number of benzene rings is 2. The predicted octanol–water partition coefficient (Wildman–Crippen LogP) is 7.68. The lowest BCUT2D eigenvalue weighted by molar-refractivity contribution is -0.137. The summed E-state index contributed by atoms with van der Waals surface area (Å²) in [6.07, 6.45) is 7.10. The summed E-state index contributed by atoms with van der Waals surface area (Å²) >= 11 is 15.7. The fraction of sp³-hybridized carbons (Fsp3) is 0.217. The second kappa shape index (κ2) is 11.9. The lowest BCUT2D eigenvalue weighted by atomic mass is 10.2. The van der Waals surface area contributed by atoms with Crippen LogP contribution in [0.1, 0.15) is 38.1 Å². The summed E-state index contributed by atoms with van der Waals surface area (Å²) in [5.41, 5.74) is 2.84. The molecule has 3 rings (SSSR count). The molecule has 3 aromatic rings. The van der Waals surface area contributed by atoms with Gasteiger partial charge in [0, 0.05) is 34.2 Å². The number of carboxylic acids is 1. The standard InChI is InChI=1S/C19H15BrCl2N2.C4H8O2/c1-2-24-12-18(16-9-8-15(21)11-17(16)22)23-19(24)10-5-13-3-6-14(20)7-4-13;1-2-3-4(5)6/h3-12H,2H2,1H3;2-3H2,1H3,(H,5,6)/b10-5+;. The number of aliphatic carboxylic acids is 1. The van der Waals surface area contributed by atoms with E-state index in [2.05, 4.69) is 39.6 Å². The van der Waals surface area contributed by atoms with Crippen LogP contribution in [0.2, 0.25) is 10.0 Å². The van der Waals surface area contributed by atoms with Gasteiger partial charge in [-0.2, -0.15) is 0 Å². The number of halogens is 3. The number of hydrogen-bond acceptors (Lipinski definition) is 2. The van der Waals surface area contributed by atoms with E-state index in [1.807, 2.05) is 49.5 Å². The van der Waals surface area contributed by atoms with Crippen LogP contribution in [0.25, 0.3) is 23.4 Å². The van der Waals surface area contributed by atoms with Crippen molar-refractivity contribution in [2.24, 2.45) is 0 Å². The van der Waals surface area contributed by atoms with E-state index in [1.54, 1.807) is 6.07 Å². The summed E-state index contributed by atoms with van der Waals surface area (Å²) < 4.78 is 3.16. The predicted molar refractivity (Wildman–Crippen MR) is 129 cm³/mol. The second-order valence-electron chi connectivity index (χ2n) is 6.42. The van der Waals surface area contributed by atoms with Crippen molar-refractivity contribution in [1.82, 2.24) is 9.55 Å². The van der Waals surface area contributed by atoms with E-state index in [9.17, 15) is 4.79 Å². The Labute approximate surface area is 195 Å². The van der Waals surface area contributed by atoms with Gasteiger partial charge >= 0.3 is 5.97 Å². The zero-order chi connectivity index (χ0) is 22.1. The maximum atomic E-state index is 9.60. The molecule has 30 heavy (non-hydrogen) atoms. The van der Waals surface area contributed by atoms with Crippen molar-refractivity contribution >= 4 is 57.3 Å². The van der Waals surface area contributed by atoms with Crippen LogP contribution in [-0.4, -0.2) is 20.6 Å². The first-order chi connectivity index (χ1) is 14.3. The van der Waals surface area contributed by atoms with Crippen molar-refractivity contribution in [3.8, 4) is 11.3 Å². The van der Waals surface area contributed by atoms with Crippen LogP contribution in [0.5, 0.6) is 0 Å². The summed E-state index contributed by atoms with van der Waals surface area (Å²) in [5.74, 6) is 0.180. The summed E-state index contributed by atoms with van der Waals surface area (Å²) in [4.78, 5) is 14.3. The third-order valence-corrected chi connectivity index (χ3v) is 5.19. The minimum Gasteiger partial charge on any atom is -0.481 e. The van der Waals surface area contributed by atoms with E-state index in [1.165, 1.54) is 0 Å². The molecule has 2 aromatic carbocycles. The van der Waals surface area contributed by atoms with Gasteiger partial charge < -0.3 is 9.67 Å². The van der Waals surface area contributed by atoms with Crippen LogP contribution >= 0.6 is 39.1 Å². The molecule has 1 heterocycles. The van der Waals surface area contributed by atoms with Gasteiger partial charge in [-0.15, -0.1) is 0 Å². The third kappa shape index (κ3) is 7.31. The molecule has 4 nitrogen and oxygen atoms in total. The SMILES string of the molecule is CCCC(=O)O.CCn1cc(-c2ccc(Cl)cc2Cl)nc1/C=C/c1ccc(Br)cc1. The van der Waals surface area contributed by atoms with Crippen molar-refractivity contribution in [1.29, 1.82) is 0 Å². The first-order valence-electron chi connectivity index (χ1n) is 9.52. The maximum absolute atomic E-state index is 9.60. The monoisotopic (exact) mass is 508 g/mol. The van der Waals surface area contributed by atoms with Crippen LogP contribution in [0.3, 0.4) is 0 Å². The molecule has 0 aliphatic rings. The number of nitrogens with zero attached hydrogens (tertiary/aromatic N) is 2.